The second-order valence-corrected chi connectivity index (χ2v) is 8.50. The van der Waals surface area contributed by atoms with Crippen molar-refractivity contribution in [3.63, 3.8) is 0 Å². The van der Waals surface area contributed by atoms with Crippen LogP contribution < -0.4 is 11.0 Å². The third-order valence-corrected chi connectivity index (χ3v) is 6.18. The quantitative estimate of drug-likeness (QED) is 0.382. The van der Waals surface area contributed by atoms with E-state index in [1.54, 1.807) is 6.07 Å². The summed E-state index contributed by atoms with van der Waals surface area (Å²) in [6.07, 6.45) is 1.32. The van der Waals surface area contributed by atoms with Gasteiger partial charge in [-0.15, -0.1) is 11.3 Å². The van der Waals surface area contributed by atoms with Crippen molar-refractivity contribution in [1.29, 1.82) is 0 Å². The Hall–Kier alpha value is -3.56. The van der Waals surface area contributed by atoms with Crippen LogP contribution in [-0.4, -0.2) is 25.8 Å². The molecule has 0 atom stereocenters. The molecule has 0 saturated carbocycles. The molecular formula is C22H14BrN5O2S. The van der Waals surface area contributed by atoms with Crippen LogP contribution in [0.15, 0.2) is 81.6 Å². The zero-order valence-electron chi connectivity index (χ0n) is 15.9. The zero-order chi connectivity index (χ0) is 21.4. The van der Waals surface area contributed by atoms with Crippen LogP contribution in [0.1, 0.15) is 10.5 Å². The molecule has 0 aliphatic rings. The number of nitrogens with zero attached hydrogens (tertiary/aromatic N) is 3. The minimum absolute atomic E-state index is 0.235. The number of fused-ring (bicyclic) bond motifs is 1. The number of nitrogens with one attached hydrogen (secondary N) is 2. The lowest BCUT2D eigenvalue weighted by Gasteiger charge is -2.07. The Morgan fingerprint density at radius 1 is 1.06 bits per heavy atom. The molecule has 152 valence electrons. The number of rotatable bonds is 4. The fourth-order valence-electron chi connectivity index (χ4n) is 3.22. The first kappa shape index (κ1) is 19.4. The van der Waals surface area contributed by atoms with Gasteiger partial charge in [0.25, 0.3) is 11.5 Å². The first-order chi connectivity index (χ1) is 15.1. The molecule has 7 nitrogen and oxygen atoms in total. The van der Waals surface area contributed by atoms with Crippen LogP contribution in [0, 0.1) is 0 Å². The molecule has 0 spiro atoms. The van der Waals surface area contributed by atoms with Gasteiger partial charge in [-0.25, -0.2) is 9.66 Å². The van der Waals surface area contributed by atoms with Crippen LogP contribution >= 0.6 is 27.3 Å². The van der Waals surface area contributed by atoms with Crippen LogP contribution in [0.3, 0.4) is 0 Å². The smallest absolute Gasteiger partial charge is 0.272 e. The van der Waals surface area contributed by atoms with Gasteiger partial charge in [0.2, 0.25) is 0 Å². The lowest BCUT2D eigenvalue weighted by Crippen LogP contribution is -2.33. The number of thiophene rings is 1. The normalized spacial score (nSPS) is 11.0. The van der Waals surface area contributed by atoms with Crippen molar-refractivity contribution in [3.05, 3.63) is 92.9 Å². The Balaban J connectivity index is 1.46. The summed E-state index contributed by atoms with van der Waals surface area (Å²) in [6, 6.07) is 18.8. The molecule has 5 rings (SSSR count). The van der Waals surface area contributed by atoms with E-state index < -0.39 is 5.91 Å². The summed E-state index contributed by atoms with van der Waals surface area (Å²) in [5.41, 5.74) is 5.69. The van der Waals surface area contributed by atoms with Crippen LogP contribution in [0.25, 0.3) is 32.6 Å². The Morgan fingerprint density at radius 3 is 2.61 bits per heavy atom. The van der Waals surface area contributed by atoms with E-state index in [0.29, 0.717) is 15.9 Å². The van der Waals surface area contributed by atoms with E-state index in [1.165, 1.54) is 17.7 Å². The van der Waals surface area contributed by atoms with Crippen molar-refractivity contribution in [2.45, 2.75) is 0 Å². The summed E-state index contributed by atoms with van der Waals surface area (Å²) < 4.78 is 2.06. The van der Waals surface area contributed by atoms with Crippen LogP contribution in [0.4, 0.5) is 0 Å². The SMILES string of the molecule is O=C(Nn1cnc2scc(-c3ccccc3)c2c1=O)c1cc(-c2ccc(Br)cc2)n[nH]1. The molecule has 3 heterocycles. The maximum absolute atomic E-state index is 13.1. The van der Waals surface area contributed by atoms with Gasteiger partial charge >= 0.3 is 0 Å². The molecule has 0 aliphatic carbocycles. The number of amides is 1. The third kappa shape index (κ3) is 3.69. The van der Waals surface area contributed by atoms with Crippen molar-refractivity contribution in [1.82, 2.24) is 19.9 Å². The van der Waals surface area contributed by atoms with Crippen LogP contribution in [0.5, 0.6) is 0 Å². The summed E-state index contributed by atoms with van der Waals surface area (Å²) in [6.45, 7) is 0. The molecule has 0 aliphatic heterocycles. The standard InChI is InChI=1S/C22H14BrN5O2S/c23-15-8-6-14(7-9-15)17-10-18(26-25-17)20(29)27-28-12-24-21-19(22(28)30)16(11-31-21)13-4-2-1-3-5-13/h1-12H,(H,25,26)(H,27,29). The number of hydrogen-bond donors (Lipinski definition) is 2. The van der Waals surface area contributed by atoms with Gasteiger partial charge in [0, 0.05) is 21.0 Å². The van der Waals surface area contributed by atoms with Gasteiger partial charge in [0.05, 0.1) is 11.1 Å². The molecule has 9 heteroatoms. The van der Waals surface area contributed by atoms with E-state index in [-0.39, 0.29) is 11.3 Å². The number of hydrogen-bond acceptors (Lipinski definition) is 5. The molecular weight excluding hydrogens is 478 g/mol. The number of aromatic amines is 1. The van der Waals surface area contributed by atoms with E-state index in [2.05, 4.69) is 36.5 Å². The van der Waals surface area contributed by atoms with E-state index in [1.807, 2.05) is 60.0 Å². The minimum atomic E-state index is -0.490. The van der Waals surface area contributed by atoms with Gasteiger partial charge < -0.3 is 0 Å². The van der Waals surface area contributed by atoms with Crippen molar-refractivity contribution in [3.8, 4) is 22.4 Å². The highest BCUT2D eigenvalue weighted by Gasteiger charge is 2.16. The Bertz CT molecular complexity index is 1460. The highest BCUT2D eigenvalue weighted by atomic mass is 79.9. The van der Waals surface area contributed by atoms with Crippen molar-refractivity contribution in [2.24, 2.45) is 0 Å². The third-order valence-electron chi connectivity index (χ3n) is 4.76. The molecule has 2 aromatic carbocycles. The average Bonchev–Trinajstić information content (AvgIpc) is 3.45. The van der Waals surface area contributed by atoms with Crippen LogP contribution in [0.2, 0.25) is 0 Å². The van der Waals surface area contributed by atoms with Crippen molar-refractivity contribution >= 4 is 43.4 Å². The van der Waals surface area contributed by atoms with Gasteiger partial charge in [0.15, 0.2) is 0 Å². The van der Waals surface area contributed by atoms with E-state index >= 15 is 0 Å². The molecule has 2 N–H and O–H groups in total. The second kappa shape index (κ2) is 7.93. The maximum Gasteiger partial charge on any atom is 0.288 e. The molecule has 0 fully saturated rings. The number of benzene rings is 2. The average molecular weight is 492 g/mol. The Morgan fingerprint density at radius 2 is 1.84 bits per heavy atom. The molecule has 0 bridgehead atoms. The summed E-state index contributed by atoms with van der Waals surface area (Å²) in [7, 11) is 0. The number of carbonyl (C=O) groups excluding carboxylic acids is 1. The first-order valence-corrected chi connectivity index (χ1v) is 10.9. The maximum atomic E-state index is 13.1. The molecule has 1 amide bonds. The topological polar surface area (TPSA) is 92.7 Å². The Labute approximate surface area is 188 Å². The predicted octanol–water partition coefficient (Wildman–Crippen LogP) is 4.66. The number of aromatic nitrogens is 4. The predicted molar refractivity (Wildman–Crippen MR) is 125 cm³/mol. The Kier molecular flexibility index (Phi) is 4.97. The van der Waals surface area contributed by atoms with Gasteiger partial charge in [-0.1, -0.05) is 58.4 Å². The molecule has 31 heavy (non-hydrogen) atoms. The van der Waals surface area contributed by atoms with Gasteiger partial charge in [0.1, 0.15) is 16.9 Å². The van der Waals surface area contributed by atoms with Crippen molar-refractivity contribution in [2.75, 3.05) is 5.43 Å². The monoisotopic (exact) mass is 491 g/mol. The highest BCUT2D eigenvalue weighted by molar-refractivity contribution is 9.10. The molecule has 0 radical (unpaired) electrons. The van der Waals surface area contributed by atoms with E-state index in [0.717, 1.165) is 25.8 Å². The summed E-state index contributed by atoms with van der Waals surface area (Å²) in [5.74, 6) is -0.490. The summed E-state index contributed by atoms with van der Waals surface area (Å²) in [4.78, 5) is 30.8. The fourth-order valence-corrected chi connectivity index (χ4v) is 4.39. The first-order valence-electron chi connectivity index (χ1n) is 9.27. The van der Waals surface area contributed by atoms with E-state index in [9.17, 15) is 9.59 Å². The highest BCUT2D eigenvalue weighted by Crippen LogP contribution is 2.30. The largest absolute Gasteiger partial charge is 0.288 e. The second-order valence-electron chi connectivity index (χ2n) is 6.73. The molecule has 3 aromatic heterocycles. The molecule has 5 aromatic rings. The van der Waals surface area contributed by atoms with Crippen molar-refractivity contribution < 1.29 is 4.79 Å². The van der Waals surface area contributed by atoms with Gasteiger partial charge in [-0.3, -0.25) is 20.1 Å². The number of carbonyl (C=O) groups is 1. The molecule has 0 unspecified atom stereocenters. The molecule has 0 saturated heterocycles. The lowest BCUT2D eigenvalue weighted by atomic mass is 10.1. The summed E-state index contributed by atoms with van der Waals surface area (Å²) >= 11 is 4.79. The summed E-state index contributed by atoms with van der Waals surface area (Å²) in [5, 5.41) is 9.29. The minimum Gasteiger partial charge on any atom is -0.272 e. The number of halogens is 1. The number of H-pyrrole nitrogens is 1. The van der Waals surface area contributed by atoms with Crippen LogP contribution in [-0.2, 0) is 0 Å². The lowest BCUT2D eigenvalue weighted by molar-refractivity contribution is 0.100. The van der Waals surface area contributed by atoms with Gasteiger partial charge in [-0.2, -0.15) is 5.10 Å². The van der Waals surface area contributed by atoms with E-state index in [4.69, 9.17) is 0 Å². The van der Waals surface area contributed by atoms with Gasteiger partial charge in [-0.05, 0) is 23.8 Å². The fraction of sp³-hybridized carbons (Fsp3) is 0. The zero-order valence-corrected chi connectivity index (χ0v) is 18.3.